The first kappa shape index (κ1) is 16.2. The normalized spacial score (nSPS) is 27.4. The lowest BCUT2D eigenvalue weighted by molar-refractivity contribution is 0.0374. The van der Waals surface area contributed by atoms with E-state index in [1.807, 2.05) is 0 Å². The minimum Gasteiger partial charge on any atom is -0.394 e. The molecular formula is C16H33N3O. The van der Waals surface area contributed by atoms with Gasteiger partial charge in [-0.2, -0.15) is 0 Å². The second-order valence-electron chi connectivity index (χ2n) is 7.75. The SMILES string of the molecule is CN1CCN(CCCC(C)(CO)NC2CC2)CC1(C)C. The Kier molecular flexibility index (Phi) is 5.11. The maximum atomic E-state index is 9.63. The van der Waals surface area contributed by atoms with Crippen LogP contribution in [-0.4, -0.2) is 71.9 Å². The van der Waals surface area contributed by atoms with E-state index in [0.29, 0.717) is 6.04 Å². The second-order valence-corrected chi connectivity index (χ2v) is 7.75. The average Bonchev–Trinajstić information content (AvgIpc) is 3.17. The van der Waals surface area contributed by atoms with Crippen LogP contribution in [0.4, 0.5) is 0 Å². The summed E-state index contributed by atoms with van der Waals surface area (Å²) >= 11 is 0. The molecule has 118 valence electrons. The maximum absolute atomic E-state index is 9.63. The summed E-state index contributed by atoms with van der Waals surface area (Å²) in [4.78, 5) is 5.03. The standard InChI is InChI=1S/C16H33N3O/c1-15(2)12-19(11-10-18(15)4)9-5-8-16(3,13-20)17-14-6-7-14/h14,17,20H,5-13H2,1-4H3. The molecule has 20 heavy (non-hydrogen) atoms. The van der Waals surface area contributed by atoms with E-state index in [0.717, 1.165) is 32.5 Å². The molecule has 1 unspecified atom stereocenters. The minimum atomic E-state index is -0.0801. The second kappa shape index (κ2) is 6.30. The van der Waals surface area contributed by atoms with Crippen LogP contribution in [0.3, 0.4) is 0 Å². The number of nitrogens with zero attached hydrogens (tertiary/aromatic N) is 2. The molecule has 0 amide bonds. The number of piperazine rings is 1. The van der Waals surface area contributed by atoms with Gasteiger partial charge >= 0.3 is 0 Å². The van der Waals surface area contributed by atoms with Crippen molar-refractivity contribution in [2.75, 3.05) is 39.8 Å². The maximum Gasteiger partial charge on any atom is 0.0610 e. The third-order valence-electron chi connectivity index (χ3n) is 5.08. The fraction of sp³-hybridized carbons (Fsp3) is 1.00. The summed E-state index contributed by atoms with van der Waals surface area (Å²) in [7, 11) is 2.22. The van der Waals surface area contributed by atoms with Crippen LogP contribution < -0.4 is 5.32 Å². The first-order chi connectivity index (χ1) is 9.35. The predicted molar refractivity (Wildman–Crippen MR) is 84.0 cm³/mol. The molecule has 0 aromatic heterocycles. The van der Waals surface area contributed by atoms with Gasteiger partial charge in [-0.05, 0) is 60.0 Å². The summed E-state index contributed by atoms with van der Waals surface area (Å²) < 4.78 is 0. The average molecular weight is 283 g/mol. The molecule has 4 heteroatoms. The van der Waals surface area contributed by atoms with Gasteiger partial charge in [-0.1, -0.05) is 0 Å². The highest BCUT2D eigenvalue weighted by molar-refractivity contribution is 4.93. The first-order valence-corrected chi connectivity index (χ1v) is 8.17. The van der Waals surface area contributed by atoms with Crippen molar-refractivity contribution >= 4 is 0 Å². The van der Waals surface area contributed by atoms with Crippen LogP contribution in [0.2, 0.25) is 0 Å². The molecule has 0 radical (unpaired) electrons. The molecule has 1 aliphatic carbocycles. The van der Waals surface area contributed by atoms with Crippen LogP contribution in [0.1, 0.15) is 46.5 Å². The molecule has 4 nitrogen and oxygen atoms in total. The van der Waals surface area contributed by atoms with Crippen molar-refractivity contribution in [3.63, 3.8) is 0 Å². The van der Waals surface area contributed by atoms with Crippen molar-refractivity contribution in [1.29, 1.82) is 0 Å². The fourth-order valence-corrected chi connectivity index (χ4v) is 3.14. The Hall–Kier alpha value is -0.160. The van der Waals surface area contributed by atoms with Crippen LogP contribution >= 0.6 is 0 Å². The van der Waals surface area contributed by atoms with E-state index < -0.39 is 0 Å². The van der Waals surface area contributed by atoms with Gasteiger partial charge in [-0.3, -0.25) is 4.90 Å². The van der Waals surface area contributed by atoms with Crippen molar-refractivity contribution in [2.24, 2.45) is 0 Å². The molecule has 1 heterocycles. The van der Waals surface area contributed by atoms with Crippen molar-refractivity contribution in [3.8, 4) is 0 Å². The predicted octanol–water partition coefficient (Wildman–Crippen LogP) is 1.30. The largest absolute Gasteiger partial charge is 0.394 e. The van der Waals surface area contributed by atoms with Gasteiger partial charge < -0.3 is 15.3 Å². The Balaban J connectivity index is 1.72. The Morgan fingerprint density at radius 1 is 1.30 bits per heavy atom. The van der Waals surface area contributed by atoms with Gasteiger partial charge in [0.2, 0.25) is 0 Å². The van der Waals surface area contributed by atoms with Crippen molar-refractivity contribution in [1.82, 2.24) is 15.1 Å². The first-order valence-electron chi connectivity index (χ1n) is 8.17. The van der Waals surface area contributed by atoms with Gasteiger partial charge in [0, 0.05) is 36.8 Å². The molecule has 0 spiro atoms. The van der Waals surface area contributed by atoms with Crippen LogP contribution in [-0.2, 0) is 0 Å². The molecule has 1 atom stereocenters. The lowest BCUT2D eigenvalue weighted by Gasteiger charge is -2.45. The topological polar surface area (TPSA) is 38.7 Å². The van der Waals surface area contributed by atoms with Crippen LogP contribution in [0.25, 0.3) is 0 Å². The van der Waals surface area contributed by atoms with E-state index in [1.165, 1.54) is 19.4 Å². The summed E-state index contributed by atoms with van der Waals surface area (Å²) in [6.07, 6.45) is 4.79. The summed E-state index contributed by atoms with van der Waals surface area (Å²) in [6.45, 7) is 11.7. The number of nitrogens with one attached hydrogen (secondary N) is 1. The van der Waals surface area contributed by atoms with Crippen LogP contribution in [0.15, 0.2) is 0 Å². The zero-order chi connectivity index (χ0) is 14.8. The molecular weight excluding hydrogens is 250 g/mol. The summed E-state index contributed by atoms with van der Waals surface area (Å²) in [5.41, 5.74) is 0.202. The van der Waals surface area contributed by atoms with E-state index in [2.05, 4.69) is 42.9 Å². The summed E-state index contributed by atoms with van der Waals surface area (Å²) in [5.74, 6) is 0. The molecule has 2 N–H and O–H groups in total. The van der Waals surface area contributed by atoms with Crippen molar-refractivity contribution < 1.29 is 5.11 Å². The lowest BCUT2D eigenvalue weighted by atomic mass is 9.95. The van der Waals surface area contributed by atoms with Gasteiger partial charge in [0.1, 0.15) is 0 Å². The van der Waals surface area contributed by atoms with Crippen LogP contribution in [0.5, 0.6) is 0 Å². The number of hydrogen-bond donors (Lipinski definition) is 2. The number of aliphatic hydroxyl groups is 1. The molecule has 0 aromatic rings. The zero-order valence-electron chi connectivity index (χ0n) is 13.8. The quantitative estimate of drug-likeness (QED) is 0.739. The minimum absolute atomic E-state index is 0.0801. The molecule has 1 aliphatic heterocycles. The van der Waals surface area contributed by atoms with Gasteiger partial charge in [0.15, 0.2) is 0 Å². The fourth-order valence-electron chi connectivity index (χ4n) is 3.14. The van der Waals surface area contributed by atoms with Crippen molar-refractivity contribution in [2.45, 2.75) is 63.6 Å². The number of hydrogen-bond acceptors (Lipinski definition) is 4. The Morgan fingerprint density at radius 2 is 2.00 bits per heavy atom. The molecule has 0 aromatic carbocycles. The van der Waals surface area contributed by atoms with E-state index in [4.69, 9.17) is 0 Å². The number of likely N-dealkylation sites (N-methyl/N-ethyl adjacent to an activating group) is 1. The number of rotatable bonds is 7. The Morgan fingerprint density at radius 3 is 2.55 bits per heavy atom. The third kappa shape index (κ3) is 4.42. The number of aliphatic hydroxyl groups excluding tert-OH is 1. The highest BCUT2D eigenvalue weighted by atomic mass is 16.3. The zero-order valence-corrected chi connectivity index (χ0v) is 13.8. The molecule has 2 aliphatic rings. The van der Waals surface area contributed by atoms with Gasteiger partial charge in [0.25, 0.3) is 0 Å². The monoisotopic (exact) mass is 283 g/mol. The molecule has 1 saturated carbocycles. The highest BCUT2D eigenvalue weighted by Gasteiger charge is 2.33. The van der Waals surface area contributed by atoms with E-state index in [1.54, 1.807) is 0 Å². The van der Waals surface area contributed by atoms with E-state index in [-0.39, 0.29) is 17.7 Å². The van der Waals surface area contributed by atoms with Crippen LogP contribution in [0, 0.1) is 0 Å². The third-order valence-corrected chi connectivity index (χ3v) is 5.08. The highest BCUT2D eigenvalue weighted by Crippen LogP contribution is 2.25. The van der Waals surface area contributed by atoms with Gasteiger partial charge in [-0.15, -0.1) is 0 Å². The molecule has 2 fully saturated rings. The van der Waals surface area contributed by atoms with Gasteiger partial charge in [-0.25, -0.2) is 0 Å². The molecule has 0 bridgehead atoms. The summed E-state index contributed by atoms with van der Waals surface area (Å²) in [5, 5.41) is 13.2. The Labute approximate surface area is 124 Å². The smallest absolute Gasteiger partial charge is 0.0610 e. The molecule has 1 saturated heterocycles. The Bertz CT molecular complexity index is 317. The lowest BCUT2D eigenvalue weighted by Crippen LogP contribution is -2.57. The van der Waals surface area contributed by atoms with Gasteiger partial charge in [0.05, 0.1) is 6.61 Å². The van der Waals surface area contributed by atoms with E-state index in [9.17, 15) is 5.11 Å². The van der Waals surface area contributed by atoms with E-state index >= 15 is 0 Å². The molecule has 2 rings (SSSR count). The van der Waals surface area contributed by atoms with Crippen molar-refractivity contribution in [3.05, 3.63) is 0 Å². The summed E-state index contributed by atoms with van der Waals surface area (Å²) in [6, 6.07) is 0.662.